The highest BCUT2D eigenvalue weighted by atomic mass is 35.5. The molecule has 0 saturated carbocycles. The molecular formula is C16H19ClN2O. The van der Waals surface area contributed by atoms with Crippen LogP contribution in [0.15, 0.2) is 42.7 Å². The molecule has 2 N–H and O–H groups in total. The van der Waals surface area contributed by atoms with Gasteiger partial charge in [-0.3, -0.25) is 4.98 Å². The molecule has 2 rings (SSSR count). The smallest absolute Gasteiger partial charge is 0.120 e. The fourth-order valence-electron chi connectivity index (χ4n) is 1.89. The number of pyridine rings is 1. The number of benzene rings is 1. The van der Waals surface area contributed by atoms with E-state index in [1.54, 1.807) is 12.4 Å². The van der Waals surface area contributed by atoms with Crippen molar-refractivity contribution in [3.8, 4) is 5.75 Å². The minimum atomic E-state index is 0.194. The first kappa shape index (κ1) is 14.8. The van der Waals surface area contributed by atoms with Crippen molar-refractivity contribution in [1.29, 1.82) is 0 Å². The number of nitrogens with two attached hydrogens (primary N) is 1. The highest BCUT2D eigenvalue weighted by Gasteiger charge is 2.04. The summed E-state index contributed by atoms with van der Waals surface area (Å²) in [6.07, 6.45) is 5.17. The van der Waals surface area contributed by atoms with Crippen molar-refractivity contribution >= 4 is 11.6 Å². The largest absolute Gasteiger partial charge is 0.489 e. The lowest BCUT2D eigenvalue weighted by Gasteiger charge is -2.11. The Morgan fingerprint density at radius 1 is 1.35 bits per heavy atom. The van der Waals surface area contributed by atoms with E-state index in [1.807, 2.05) is 24.3 Å². The first-order chi connectivity index (χ1) is 9.69. The second-order valence-corrected chi connectivity index (χ2v) is 5.18. The predicted molar refractivity (Wildman–Crippen MR) is 82.0 cm³/mol. The molecule has 106 valence electrons. The Kier molecular flexibility index (Phi) is 5.39. The molecule has 0 aliphatic carbocycles. The minimum absolute atomic E-state index is 0.194. The summed E-state index contributed by atoms with van der Waals surface area (Å²) in [5.41, 5.74) is 8.10. The Balaban J connectivity index is 2.00. The maximum Gasteiger partial charge on any atom is 0.120 e. The molecule has 0 bridgehead atoms. The van der Waals surface area contributed by atoms with Crippen LogP contribution in [0.1, 0.15) is 24.5 Å². The first-order valence-electron chi connectivity index (χ1n) is 6.74. The minimum Gasteiger partial charge on any atom is -0.489 e. The molecule has 0 aliphatic heterocycles. The Bertz CT molecular complexity index is 560. The molecule has 1 aromatic heterocycles. The molecule has 3 nitrogen and oxygen atoms in total. The molecule has 1 aromatic carbocycles. The van der Waals surface area contributed by atoms with Gasteiger partial charge in [-0.1, -0.05) is 30.7 Å². The number of hydrogen-bond acceptors (Lipinski definition) is 3. The lowest BCUT2D eigenvalue weighted by Crippen LogP contribution is -2.21. The third-order valence-electron chi connectivity index (χ3n) is 3.17. The van der Waals surface area contributed by atoms with Gasteiger partial charge in [0.15, 0.2) is 0 Å². The second-order valence-electron chi connectivity index (χ2n) is 4.78. The van der Waals surface area contributed by atoms with Gasteiger partial charge in [-0.2, -0.15) is 0 Å². The van der Waals surface area contributed by atoms with E-state index in [0.717, 1.165) is 24.2 Å². The maximum atomic E-state index is 6.05. The SMILES string of the molecule is CCC(N)Cc1cccc(OCc2ccncc2Cl)c1. The standard InChI is InChI=1S/C16H19ClN2O/c1-2-14(18)8-12-4-3-5-15(9-12)20-11-13-6-7-19-10-16(13)17/h3-7,9-10,14H,2,8,11,18H2,1H3. The third-order valence-corrected chi connectivity index (χ3v) is 3.51. The zero-order valence-corrected chi connectivity index (χ0v) is 12.3. The molecule has 0 amide bonds. The number of hydrogen-bond donors (Lipinski definition) is 1. The van der Waals surface area contributed by atoms with Crippen LogP contribution in [0.2, 0.25) is 5.02 Å². The van der Waals surface area contributed by atoms with Gasteiger partial charge in [0.1, 0.15) is 12.4 Å². The van der Waals surface area contributed by atoms with Crippen LogP contribution in [-0.4, -0.2) is 11.0 Å². The topological polar surface area (TPSA) is 48.1 Å². The van der Waals surface area contributed by atoms with Crippen LogP contribution in [0.3, 0.4) is 0 Å². The fraction of sp³-hybridized carbons (Fsp3) is 0.312. The molecule has 0 saturated heterocycles. The Morgan fingerprint density at radius 2 is 2.20 bits per heavy atom. The highest BCUT2D eigenvalue weighted by molar-refractivity contribution is 6.31. The molecule has 0 spiro atoms. The van der Waals surface area contributed by atoms with Gasteiger partial charge in [-0.25, -0.2) is 0 Å². The molecule has 0 radical (unpaired) electrons. The normalized spacial score (nSPS) is 12.2. The maximum absolute atomic E-state index is 6.05. The van der Waals surface area contributed by atoms with E-state index >= 15 is 0 Å². The zero-order chi connectivity index (χ0) is 14.4. The predicted octanol–water partition coefficient (Wildman–Crippen LogP) is 3.59. The summed E-state index contributed by atoms with van der Waals surface area (Å²) in [4.78, 5) is 3.95. The Morgan fingerprint density at radius 3 is 2.95 bits per heavy atom. The van der Waals surface area contributed by atoms with E-state index in [2.05, 4.69) is 18.0 Å². The van der Waals surface area contributed by atoms with Gasteiger partial charge in [0.2, 0.25) is 0 Å². The number of ether oxygens (including phenoxy) is 1. The van der Waals surface area contributed by atoms with E-state index < -0.39 is 0 Å². The Hall–Kier alpha value is -1.58. The van der Waals surface area contributed by atoms with Crippen molar-refractivity contribution in [2.45, 2.75) is 32.4 Å². The van der Waals surface area contributed by atoms with Gasteiger partial charge in [0, 0.05) is 24.0 Å². The van der Waals surface area contributed by atoms with Crippen LogP contribution >= 0.6 is 11.6 Å². The average molecular weight is 291 g/mol. The van der Waals surface area contributed by atoms with Gasteiger partial charge >= 0.3 is 0 Å². The van der Waals surface area contributed by atoms with Crippen LogP contribution in [-0.2, 0) is 13.0 Å². The first-order valence-corrected chi connectivity index (χ1v) is 7.12. The quantitative estimate of drug-likeness (QED) is 0.884. The van der Waals surface area contributed by atoms with E-state index in [1.165, 1.54) is 5.56 Å². The third kappa shape index (κ3) is 4.22. The Labute approximate surface area is 124 Å². The fourth-order valence-corrected chi connectivity index (χ4v) is 2.07. The van der Waals surface area contributed by atoms with Gasteiger partial charge in [-0.15, -0.1) is 0 Å². The molecule has 4 heteroatoms. The van der Waals surface area contributed by atoms with Gasteiger partial charge < -0.3 is 10.5 Å². The lowest BCUT2D eigenvalue weighted by atomic mass is 10.0. The highest BCUT2D eigenvalue weighted by Crippen LogP contribution is 2.19. The van der Waals surface area contributed by atoms with Crippen LogP contribution in [0.25, 0.3) is 0 Å². The summed E-state index contributed by atoms with van der Waals surface area (Å²) in [5, 5.41) is 0.622. The second kappa shape index (κ2) is 7.27. The number of aromatic nitrogens is 1. The molecule has 0 aliphatic rings. The van der Waals surface area contributed by atoms with E-state index in [4.69, 9.17) is 22.1 Å². The molecular weight excluding hydrogens is 272 g/mol. The average Bonchev–Trinajstić information content (AvgIpc) is 2.47. The van der Waals surface area contributed by atoms with E-state index in [9.17, 15) is 0 Å². The van der Waals surface area contributed by atoms with E-state index in [-0.39, 0.29) is 6.04 Å². The van der Waals surface area contributed by atoms with Crippen molar-refractivity contribution < 1.29 is 4.74 Å². The van der Waals surface area contributed by atoms with Crippen LogP contribution in [0.4, 0.5) is 0 Å². The molecule has 1 unspecified atom stereocenters. The molecule has 1 atom stereocenters. The monoisotopic (exact) mass is 290 g/mol. The zero-order valence-electron chi connectivity index (χ0n) is 11.6. The summed E-state index contributed by atoms with van der Waals surface area (Å²) in [5.74, 6) is 0.832. The molecule has 1 heterocycles. The summed E-state index contributed by atoms with van der Waals surface area (Å²) >= 11 is 6.05. The van der Waals surface area contributed by atoms with Crippen molar-refractivity contribution in [2.24, 2.45) is 5.73 Å². The van der Waals surface area contributed by atoms with Crippen molar-refractivity contribution in [1.82, 2.24) is 4.98 Å². The number of rotatable bonds is 6. The van der Waals surface area contributed by atoms with Crippen LogP contribution < -0.4 is 10.5 Å². The summed E-state index contributed by atoms with van der Waals surface area (Å²) in [7, 11) is 0. The van der Waals surface area contributed by atoms with Crippen molar-refractivity contribution in [3.05, 3.63) is 58.9 Å². The summed E-state index contributed by atoms with van der Waals surface area (Å²) < 4.78 is 5.78. The van der Waals surface area contributed by atoms with Gasteiger partial charge in [-0.05, 0) is 36.6 Å². The van der Waals surface area contributed by atoms with Gasteiger partial charge in [0.05, 0.1) is 5.02 Å². The lowest BCUT2D eigenvalue weighted by molar-refractivity contribution is 0.306. The molecule has 0 fully saturated rings. The van der Waals surface area contributed by atoms with Crippen molar-refractivity contribution in [2.75, 3.05) is 0 Å². The van der Waals surface area contributed by atoms with E-state index in [0.29, 0.717) is 11.6 Å². The van der Waals surface area contributed by atoms with Gasteiger partial charge in [0.25, 0.3) is 0 Å². The molecule has 20 heavy (non-hydrogen) atoms. The summed E-state index contributed by atoms with van der Waals surface area (Å²) in [6.45, 7) is 2.53. The van der Waals surface area contributed by atoms with Crippen LogP contribution in [0, 0.1) is 0 Å². The van der Waals surface area contributed by atoms with Crippen molar-refractivity contribution in [3.63, 3.8) is 0 Å². The summed E-state index contributed by atoms with van der Waals surface area (Å²) in [6, 6.07) is 10.1. The number of halogens is 1. The number of nitrogens with zero attached hydrogens (tertiary/aromatic N) is 1. The van der Waals surface area contributed by atoms with Crippen LogP contribution in [0.5, 0.6) is 5.75 Å². The molecule has 2 aromatic rings.